The number of nitrogens with one attached hydrogen (secondary N) is 1. The van der Waals surface area contributed by atoms with Crippen LogP contribution in [-0.2, 0) is 19.1 Å². The zero-order chi connectivity index (χ0) is 33.9. The van der Waals surface area contributed by atoms with E-state index in [1.54, 1.807) is 0 Å². The Bertz CT molecular complexity index is 702. The highest BCUT2D eigenvalue weighted by atomic mass is 16.5. The Morgan fingerprint density at radius 3 is 1.11 bits per heavy atom. The minimum atomic E-state index is -0.0885. The summed E-state index contributed by atoms with van der Waals surface area (Å²) >= 11 is 0. The van der Waals surface area contributed by atoms with Gasteiger partial charge >= 0.3 is 11.9 Å². The van der Waals surface area contributed by atoms with Gasteiger partial charge in [-0.25, -0.2) is 0 Å². The van der Waals surface area contributed by atoms with Crippen molar-refractivity contribution in [3.05, 3.63) is 24.3 Å². The van der Waals surface area contributed by atoms with Crippen LogP contribution in [0.5, 0.6) is 0 Å². The van der Waals surface area contributed by atoms with Crippen molar-refractivity contribution in [3.63, 3.8) is 0 Å². The Hall–Kier alpha value is -1.62. The molecule has 1 aliphatic heterocycles. The molecule has 1 saturated heterocycles. The molecule has 5 nitrogen and oxygen atoms in total. The Labute approximate surface area is 291 Å². The molecule has 0 aromatic carbocycles. The van der Waals surface area contributed by atoms with Crippen LogP contribution in [0.25, 0.3) is 0 Å². The lowest BCUT2D eigenvalue weighted by molar-refractivity contribution is -0.149. The minimum Gasteiger partial charge on any atom is -0.465 e. The van der Waals surface area contributed by atoms with E-state index in [-0.39, 0.29) is 23.8 Å². The summed E-state index contributed by atoms with van der Waals surface area (Å²) in [5, 5.41) is 3.38. The number of hydrogen-bond donors (Lipinski definition) is 1. The molecule has 47 heavy (non-hydrogen) atoms. The molecule has 0 radical (unpaired) electrons. The first-order valence-electron chi connectivity index (χ1n) is 20.5. The zero-order valence-corrected chi connectivity index (χ0v) is 31.2. The van der Waals surface area contributed by atoms with E-state index in [4.69, 9.17) is 9.47 Å². The minimum absolute atomic E-state index is 0.0885. The van der Waals surface area contributed by atoms with E-state index < -0.39 is 0 Å². The van der Waals surface area contributed by atoms with E-state index in [1.165, 1.54) is 141 Å². The smallest absolute Gasteiger partial charge is 0.305 e. The van der Waals surface area contributed by atoms with Gasteiger partial charge in [0.1, 0.15) is 0 Å². The lowest BCUT2D eigenvalue weighted by Crippen LogP contribution is -2.25. The molecule has 1 fully saturated rings. The molecule has 5 heteroatoms. The summed E-state index contributed by atoms with van der Waals surface area (Å²) in [6.45, 7) is 7.02. The number of esters is 2. The molecular formula is C42H77NO4. The fraction of sp³-hybridized carbons (Fsp3) is 0.857. The fourth-order valence-corrected chi connectivity index (χ4v) is 6.40. The highest BCUT2D eigenvalue weighted by Crippen LogP contribution is 2.19. The monoisotopic (exact) mass is 660 g/mol. The molecule has 1 rings (SSSR count). The van der Waals surface area contributed by atoms with Crippen LogP contribution >= 0.6 is 0 Å². The molecule has 0 saturated carbocycles. The predicted octanol–water partition coefficient (Wildman–Crippen LogP) is 12.0. The van der Waals surface area contributed by atoms with Crippen molar-refractivity contribution in [1.29, 1.82) is 0 Å². The van der Waals surface area contributed by atoms with Crippen LogP contribution in [0, 0.1) is 11.8 Å². The average Bonchev–Trinajstić information content (AvgIpc) is 3.53. The molecule has 0 bridgehead atoms. The highest BCUT2D eigenvalue weighted by molar-refractivity contribution is 5.69. The van der Waals surface area contributed by atoms with Gasteiger partial charge in [-0.15, -0.1) is 0 Å². The first-order chi connectivity index (χ1) is 23.2. The molecule has 0 aliphatic carbocycles. The van der Waals surface area contributed by atoms with E-state index in [0.29, 0.717) is 26.1 Å². The fourth-order valence-electron chi connectivity index (χ4n) is 6.40. The van der Waals surface area contributed by atoms with Crippen molar-refractivity contribution in [3.8, 4) is 0 Å². The molecule has 0 aromatic rings. The van der Waals surface area contributed by atoms with Gasteiger partial charge in [0.05, 0.1) is 13.2 Å². The third-order valence-corrected chi connectivity index (χ3v) is 9.68. The van der Waals surface area contributed by atoms with Crippen LogP contribution < -0.4 is 5.32 Å². The van der Waals surface area contributed by atoms with Crippen molar-refractivity contribution in [2.45, 2.75) is 194 Å². The first-order valence-corrected chi connectivity index (χ1v) is 20.5. The van der Waals surface area contributed by atoms with Gasteiger partial charge in [0.15, 0.2) is 0 Å². The third kappa shape index (κ3) is 29.1. The van der Waals surface area contributed by atoms with Gasteiger partial charge in [0.2, 0.25) is 0 Å². The highest BCUT2D eigenvalue weighted by Gasteiger charge is 2.29. The second-order valence-corrected chi connectivity index (χ2v) is 14.2. The molecule has 1 heterocycles. The first kappa shape index (κ1) is 43.4. The largest absolute Gasteiger partial charge is 0.465 e. The molecule has 0 spiro atoms. The number of rotatable bonds is 34. The summed E-state index contributed by atoms with van der Waals surface area (Å²) in [7, 11) is 0. The molecule has 0 aromatic heterocycles. The van der Waals surface area contributed by atoms with Crippen molar-refractivity contribution in [2.24, 2.45) is 11.8 Å². The number of allylic oxidation sites excluding steroid dienone is 4. The number of hydrogen-bond acceptors (Lipinski definition) is 5. The molecular weight excluding hydrogens is 582 g/mol. The molecule has 0 unspecified atom stereocenters. The van der Waals surface area contributed by atoms with Gasteiger partial charge in [-0.1, -0.05) is 141 Å². The average molecular weight is 660 g/mol. The summed E-state index contributed by atoms with van der Waals surface area (Å²) in [5.41, 5.74) is 0. The van der Waals surface area contributed by atoms with E-state index in [2.05, 4.69) is 43.5 Å². The van der Waals surface area contributed by atoms with Gasteiger partial charge in [0.25, 0.3) is 0 Å². The van der Waals surface area contributed by atoms with E-state index in [0.717, 1.165) is 38.8 Å². The lowest BCUT2D eigenvalue weighted by Gasteiger charge is -2.18. The molecule has 1 aliphatic rings. The van der Waals surface area contributed by atoms with E-state index in [9.17, 15) is 9.59 Å². The van der Waals surface area contributed by atoms with Crippen LogP contribution in [-0.4, -0.2) is 38.2 Å². The summed E-state index contributed by atoms with van der Waals surface area (Å²) in [6.07, 6.45) is 43.0. The Morgan fingerprint density at radius 2 is 0.766 bits per heavy atom. The van der Waals surface area contributed by atoms with Crippen LogP contribution in [0.15, 0.2) is 24.3 Å². The molecule has 1 N–H and O–H groups in total. The maximum Gasteiger partial charge on any atom is 0.305 e. The molecule has 2 atom stereocenters. The maximum absolute atomic E-state index is 12.3. The van der Waals surface area contributed by atoms with Crippen molar-refractivity contribution >= 4 is 11.9 Å². The van der Waals surface area contributed by atoms with E-state index >= 15 is 0 Å². The van der Waals surface area contributed by atoms with Crippen LogP contribution in [0.3, 0.4) is 0 Å². The quantitative estimate of drug-likeness (QED) is 0.0423. The Kier molecular flexibility index (Phi) is 31.6. The van der Waals surface area contributed by atoms with Gasteiger partial charge in [0, 0.05) is 37.8 Å². The zero-order valence-electron chi connectivity index (χ0n) is 31.2. The lowest BCUT2D eigenvalue weighted by atomic mass is 9.98. The van der Waals surface area contributed by atoms with Gasteiger partial charge in [-0.05, 0) is 64.2 Å². The van der Waals surface area contributed by atoms with Gasteiger partial charge in [-0.3, -0.25) is 9.59 Å². The summed E-state index contributed by atoms with van der Waals surface area (Å²) in [4.78, 5) is 24.6. The molecule has 0 amide bonds. The number of ether oxygens (including phenoxy) is 2. The number of unbranched alkanes of at least 4 members (excludes halogenated alkanes) is 22. The Balaban J connectivity index is 1.93. The Morgan fingerprint density at radius 1 is 0.468 bits per heavy atom. The van der Waals surface area contributed by atoms with Gasteiger partial charge in [-0.2, -0.15) is 0 Å². The SMILES string of the molecule is CCCCCCCC/C=C\CCCCCCCC(=O)OC[C@@H]1CNC[C@H]1COC(=O)CCCCCCC/C=C\CCCCCCCC. The van der Waals surface area contributed by atoms with Gasteiger partial charge < -0.3 is 14.8 Å². The number of carbonyl (C=O) groups excluding carboxylic acids is 2. The van der Waals surface area contributed by atoms with Crippen molar-refractivity contribution in [2.75, 3.05) is 26.3 Å². The second kappa shape index (κ2) is 34.3. The molecule has 274 valence electrons. The van der Waals surface area contributed by atoms with E-state index in [1.807, 2.05) is 0 Å². The standard InChI is InChI=1S/C42H77NO4/c1-3-5-7-9-11-13-15-17-19-21-23-25-27-29-31-33-41(44)46-37-39-35-43-36-40(39)38-47-42(45)34-32-30-28-26-24-22-20-18-16-14-12-10-8-6-4-2/h17-20,39-40,43H,3-16,21-38H2,1-2H3/b19-17-,20-18-/t39-,40-/m0/s1. The summed E-state index contributed by atoms with van der Waals surface area (Å²) in [5.74, 6) is 0.269. The summed E-state index contributed by atoms with van der Waals surface area (Å²) < 4.78 is 11.2. The topological polar surface area (TPSA) is 64.6 Å². The van der Waals surface area contributed by atoms with Crippen molar-refractivity contribution in [1.82, 2.24) is 5.32 Å². The number of carbonyl (C=O) groups is 2. The van der Waals surface area contributed by atoms with Crippen LogP contribution in [0.1, 0.15) is 194 Å². The maximum atomic E-state index is 12.3. The van der Waals surface area contributed by atoms with Crippen LogP contribution in [0.2, 0.25) is 0 Å². The second-order valence-electron chi connectivity index (χ2n) is 14.2. The third-order valence-electron chi connectivity index (χ3n) is 9.68. The normalized spacial score (nSPS) is 16.5. The summed E-state index contributed by atoms with van der Waals surface area (Å²) in [6, 6.07) is 0. The predicted molar refractivity (Wildman–Crippen MR) is 201 cm³/mol. The van der Waals surface area contributed by atoms with Crippen molar-refractivity contribution < 1.29 is 19.1 Å². The van der Waals surface area contributed by atoms with Crippen LogP contribution in [0.4, 0.5) is 0 Å².